The quantitative estimate of drug-likeness (QED) is 0.639. The summed E-state index contributed by atoms with van der Waals surface area (Å²) in [6.07, 6.45) is 3.30. The Bertz CT molecular complexity index is 1130. The average Bonchev–Trinajstić information content (AvgIpc) is 3.31. The van der Waals surface area contributed by atoms with Gasteiger partial charge in [-0.15, -0.1) is 0 Å². The number of aromatic nitrogens is 1. The van der Waals surface area contributed by atoms with Gasteiger partial charge in [-0.1, -0.05) is 11.3 Å². The first-order chi connectivity index (χ1) is 13.2. The second-order valence-corrected chi connectivity index (χ2v) is 6.90. The molecule has 3 heterocycles. The van der Waals surface area contributed by atoms with Crippen molar-refractivity contribution in [2.75, 3.05) is 18.2 Å². The van der Waals surface area contributed by atoms with Crippen LogP contribution in [0.2, 0.25) is 0 Å². The molecule has 1 aliphatic rings. The van der Waals surface area contributed by atoms with Gasteiger partial charge in [-0.25, -0.2) is 9.79 Å². The highest BCUT2D eigenvalue weighted by molar-refractivity contribution is 7.07. The van der Waals surface area contributed by atoms with E-state index in [9.17, 15) is 9.59 Å². The number of anilines is 1. The van der Waals surface area contributed by atoms with Gasteiger partial charge in [0, 0.05) is 11.8 Å². The fraction of sp³-hybridized carbons (Fsp3) is 0.211. The van der Waals surface area contributed by atoms with Gasteiger partial charge in [0.15, 0.2) is 4.80 Å². The zero-order valence-corrected chi connectivity index (χ0v) is 15.4. The van der Waals surface area contributed by atoms with E-state index in [-0.39, 0.29) is 11.5 Å². The Morgan fingerprint density at radius 2 is 2.15 bits per heavy atom. The summed E-state index contributed by atoms with van der Waals surface area (Å²) in [5.41, 5.74) is 1.29. The van der Waals surface area contributed by atoms with Crippen LogP contribution >= 0.6 is 11.3 Å². The van der Waals surface area contributed by atoms with Gasteiger partial charge >= 0.3 is 5.97 Å². The standard InChI is InChI=1S/C19H17N3O4S/c1-2-25-18(24)13-5-7-14(8-6-13)21-11-20-19-22(12-21)17(23)16(27-19)10-15-4-3-9-26-15/h3-10H,2,11-12H2,1H3/b16-10-. The first kappa shape index (κ1) is 17.3. The summed E-state index contributed by atoms with van der Waals surface area (Å²) in [5, 5.41) is 0. The molecule has 3 aromatic rings. The molecule has 4 rings (SSSR count). The minimum absolute atomic E-state index is 0.0945. The SMILES string of the molecule is CCOC(=O)c1ccc(N2CN=c3s/c(=C\c4ccco4)c(=O)n3C2)cc1. The number of furan rings is 1. The van der Waals surface area contributed by atoms with Gasteiger partial charge in [0.2, 0.25) is 0 Å². The van der Waals surface area contributed by atoms with E-state index in [0.29, 0.717) is 40.6 Å². The monoisotopic (exact) mass is 383 g/mol. The number of carbonyl (C=O) groups is 1. The lowest BCUT2D eigenvalue weighted by atomic mass is 10.2. The largest absolute Gasteiger partial charge is 0.465 e. The molecule has 1 aromatic carbocycles. The molecule has 0 radical (unpaired) electrons. The van der Waals surface area contributed by atoms with Crippen molar-refractivity contribution in [3.8, 4) is 0 Å². The molecule has 0 bridgehead atoms. The molecule has 0 fully saturated rings. The molecule has 0 spiro atoms. The highest BCUT2D eigenvalue weighted by Crippen LogP contribution is 2.17. The van der Waals surface area contributed by atoms with Gasteiger partial charge in [-0.3, -0.25) is 9.36 Å². The second kappa shape index (κ2) is 7.24. The average molecular weight is 383 g/mol. The van der Waals surface area contributed by atoms with Crippen molar-refractivity contribution in [2.24, 2.45) is 4.99 Å². The molecule has 0 amide bonds. The third-order valence-electron chi connectivity index (χ3n) is 4.14. The summed E-state index contributed by atoms with van der Waals surface area (Å²) in [5.74, 6) is 0.291. The summed E-state index contributed by atoms with van der Waals surface area (Å²) in [6, 6.07) is 10.7. The number of hydrogen-bond donors (Lipinski definition) is 0. The maximum atomic E-state index is 12.7. The minimum atomic E-state index is -0.346. The Labute approximate surface area is 158 Å². The van der Waals surface area contributed by atoms with Gasteiger partial charge < -0.3 is 14.1 Å². The van der Waals surface area contributed by atoms with Crippen molar-refractivity contribution in [1.82, 2.24) is 4.57 Å². The van der Waals surface area contributed by atoms with Crippen molar-refractivity contribution in [3.05, 3.63) is 73.7 Å². The van der Waals surface area contributed by atoms with Crippen LogP contribution in [0.4, 0.5) is 5.69 Å². The number of esters is 1. The van der Waals surface area contributed by atoms with Gasteiger partial charge in [-0.2, -0.15) is 0 Å². The molecule has 0 N–H and O–H groups in total. The first-order valence-electron chi connectivity index (χ1n) is 8.47. The highest BCUT2D eigenvalue weighted by atomic mass is 32.1. The maximum Gasteiger partial charge on any atom is 0.338 e. The fourth-order valence-electron chi connectivity index (χ4n) is 2.80. The van der Waals surface area contributed by atoms with Crippen LogP contribution in [-0.4, -0.2) is 23.8 Å². The Morgan fingerprint density at radius 1 is 1.33 bits per heavy atom. The topological polar surface area (TPSA) is 77.0 Å². The van der Waals surface area contributed by atoms with E-state index in [1.54, 1.807) is 48.1 Å². The number of carbonyl (C=O) groups excluding carboxylic acids is 1. The number of thiazole rings is 1. The van der Waals surface area contributed by atoms with E-state index in [0.717, 1.165) is 5.69 Å². The van der Waals surface area contributed by atoms with Crippen molar-refractivity contribution in [2.45, 2.75) is 13.6 Å². The van der Waals surface area contributed by atoms with Gasteiger partial charge in [0.1, 0.15) is 19.1 Å². The van der Waals surface area contributed by atoms with Crippen LogP contribution < -0.4 is 19.8 Å². The number of benzene rings is 1. The number of hydrogen-bond acceptors (Lipinski definition) is 7. The Morgan fingerprint density at radius 3 is 2.85 bits per heavy atom. The molecule has 27 heavy (non-hydrogen) atoms. The lowest BCUT2D eigenvalue weighted by Crippen LogP contribution is -2.42. The molecule has 0 saturated heterocycles. The van der Waals surface area contributed by atoms with E-state index in [2.05, 4.69) is 4.99 Å². The fourth-order valence-corrected chi connectivity index (χ4v) is 3.74. The zero-order chi connectivity index (χ0) is 18.8. The van der Waals surface area contributed by atoms with Gasteiger partial charge in [-0.05, 0) is 43.3 Å². The van der Waals surface area contributed by atoms with Gasteiger partial charge in [0.05, 0.1) is 23.0 Å². The molecular formula is C19H17N3O4S. The second-order valence-electron chi connectivity index (χ2n) is 5.89. The van der Waals surface area contributed by atoms with Crippen LogP contribution in [-0.2, 0) is 11.4 Å². The zero-order valence-electron chi connectivity index (χ0n) is 14.6. The molecule has 2 aromatic heterocycles. The molecule has 1 aliphatic heterocycles. The molecule has 0 atom stereocenters. The van der Waals surface area contributed by atoms with Crippen LogP contribution in [0.25, 0.3) is 6.08 Å². The first-order valence-corrected chi connectivity index (χ1v) is 9.29. The van der Waals surface area contributed by atoms with E-state index in [1.165, 1.54) is 11.3 Å². The van der Waals surface area contributed by atoms with Gasteiger partial charge in [0.25, 0.3) is 5.56 Å². The Kier molecular flexibility index (Phi) is 4.64. The van der Waals surface area contributed by atoms with Crippen LogP contribution in [0.3, 0.4) is 0 Å². The molecule has 0 unspecified atom stereocenters. The number of ether oxygens (including phenoxy) is 1. The summed E-state index contributed by atoms with van der Waals surface area (Å²) in [6.45, 7) is 2.96. The summed E-state index contributed by atoms with van der Waals surface area (Å²) in [4.78, 5) is 31.6. The van der Waals surface area contributed by atoms with E-state index in [4.69, 9.17) is 9.15 Å². The molecule has 0 aliphatic carbocycles. The minimum Gasteiger partial charge on any atom is -0.465 e. The third-order valence-corrected chi connectivity index (χ3v) is 5.18. The third kappa shape index (κ3) is 3.43. The van der Waals surface area contributed by atoms with Crippen molar-refractivity contribution < 1.29 is 13.9 Å². The van der Waals surface area contributed by atoms with Crippen LogP contribution in [0, 0.1) is 0 Å². The predicted molar refractivity (Wildman–Crippen MR) is 101 cm³/mol. The summed E-state index contributed by atoms with van der Waals surface area (Å²) in [7, 11) is 0. The smallest absolute Gasteiger partial charge is 0.338 e. The molecule has 8 heteroatoms. The predicted octanol–water partition coefficient (Wildman–Crippen LogP) is 1.56. The Balaban J connectivity index is 1.59. The lowest BCUT2D eigenvalue weighted by molar-refractivity contribution is 0.0526. The number of nitrogens with zero attached hydrogens (tertiary/aromatic N) is 3. The lowest BCUT2D eigenvalue weighted by Gasteiger charge is -2.25. The molecular weight excluding hydrogens is 366 g/mol. The van der Waals surface area contributed by atoms with E-state index in [1.807, 2.05) is 17.0 Å². The number of fused-ring (bicyclic) bond motifs is 1. The number of rotatable bonds is 4. The normalized spacial score (nSPS) is 14.0. The summed E-state index contributed by atoms with van der Waals surface area (Å²) < 4.78 is 12.5. The molecule has 7 nitrogen and oxygen atoms in total. The van der Waals surface area contributed by atoms with Crippen LogP contribution in [0.1, 0.15) is 23.0 Å². The molecule has 138 valence electrons. The highest BCUT2D eigenvalue weighted by Gasteiger charge is 2.16. The van der Waals surface area contributed by atoms with Crippen LogP contribution in [0.15, 0.2) is 56.9 Å². The Hall–Kier alpha value is -3.13. The summed E-state index contributed by atoms with van der Waals surface area (Å²) >= 11 is 1.35. The van der Waals surface area contributed by atoms with Crippen molar-refractivity contribution in [1.29, 1.82) is 0 Å². The molecule has 0 saturated carbocycles. The van der Waals surface area contributed by atoms with Crippen LogP contribution in [0.5, 0.6) is 0 Å². The van der Waals surface area contributed by atoms with Crippen molar-refractivity contribution >= 4 is 29.1 Å². The van der Waals surface area contributed by atoms with Crippen molar-refractivity contribution in [3.63, 3.8) is 0 Å². The maximum absolute atomic E-state index is 12.7. The van der Waals surface area contributed by atoms with E-state index >= 15 is 0 Å². The van der Waals surface area contributed by atoms with E-state index < -0.39 is 0 Å².